The fourth-order valence-corrected chi connectivity index (χ4v) is 4.94. The monoisotopic (exact) mass is 479 g/mol. The van der Waals surface area contributed by atoms with E-state index in [0.29, 0.717) is 31.7 Å². The van der Waals surface area contributed by atoms with Gasteiger partial charge in [0, 0.05) is 51.4 Å². The number of rotatable bonds is 5. The van der Waals surface area contributed by atoms with Gasteiger partial charge in [0.05, 0.1) is 10.6 Å². The predicted molar refractivity (Wildman–Crippen MR) is 132 cm³/mol. The van der Waals surface area contributed by atoms with Gasteiger partial charge in [0.2, 0.25) is 10.0 Å². The Morgan fingerprint density at radius 2 is 1.56 bits per heavy atom. The van der Waals surface area contributed by atoms with E-state index in [1.165, 1.54) is 37.4 Å². The minimum Gasteiger partial charge on any atom is -0.352 e. The molecule has 178 valence electrons. The van der Waals surface area contributed by atoms with E-state index in [-0.39, 0.29) is 10.8 Å². The summed E-state index contributed by atoms with van der Waals surface area (Å²) < 4.78 is 25.6. The molecule has 1 fully saturated rings. The number of anilines is 1. The largest absolute Gasteiger partial charge is 0.352 e. The molecule has 0 atom stereocenters. The van der Waals surface area contributed by atoms with Gasteiger partial charge in [-0.25, -0.2) is 12.7 Å². The summed E-state index contributed by atoms with van der Waals surface area (Å²) in [6, 6.07) is 16.3. The Kier molecular flexibility index (Phi) is 6.67. The molecule has 4 rings (SSSR count). The molecule has 9 heteroatoms. The number of hydrogen-bond acceptors (Lipinski definition) is 6. The van der Waals surface area contributed by atoms with Gasteiger partial charge in [-0.3, -0.25) is 4.79 Å². The first-order chi connectivity index (χ1) is 16.2. The summed E-state index contributed by atoms with van der Waals surface area (Å²) in [4.78, 5) is 17.0. The van der Waals surface area contributed by atoms with Gasteiger partial charge in [0.15, 0.2) is 5.82 Å². The minimum atomic E-state index is -3.52. The molecule has 0 spiro atoms. The minimum absolute atomic E-state index is 0.107. The van der Waals surface area contributed by atoms with E-state index in [4.69, 9.17) is 0 Å². The van der Waals surface area contributed by atoms with Gasteiger partial charge in [0.25, 0.3) is 5.91 Å². The standard InChI is InChI=1S/C25H29N5O3S/c1-18-5-10-22(19(2)17-18)23-11-12-24(27-26-23)29-13-15-30(16-14-29)25(31)20-6-8-21(9-7-20)34(32,33)28(3)4/h5-12,17H,13-16H2,1-4H3. The maximum absolute atomic E-state index is 12.9. The fourth-order valence-electron chi connectivity index (χ4n) is 4.04. The molecule has 0 N–H and O–H groups in total. The number of piperazine rings is 1. The third kappa shape index (κ3) is 4.80. The molecule has 2 aromatic carbocycles. The molecule has 1 aliphatic rings. The Morgan fingerprint density at radius 3 is 2.12 bits per heavy atom. The molecule has 0 radical (unpaired) electrons. The number of sulfonamides is 1. The van der Waals surface area contributed by atoms with Crippen LogP contribution in [0.5, 0.6) is 0 Å². The summed E-state index contributed by atoms with van der Waals surface area (Å²) in [5.74, 6) is 0.684. The quantitative estimate of drug-likeness (QED) is 0.559. The summed E-state index contributed by atoms with van der Waals surface area (Å²) in [6.07, 6.45) is 0. The number of benzene rings is 2. The maximum atomic E-state index is 12.9. The van der Waals surface area contributed by atoms with Crippen molar-refractivity contribution in [3.05, 3.63) is 71.3 Å². The Hall–Kier alpha value is -3.30. The third-order valence-corrected chi connectivity index (χ3v) is 7.91. The van der Waals surface area contributed by atoms with Gasteiger partial charge >= 0.3 is 0 Å². The Bertz CT molecular complexity index is 1280. The predicted octanol–water partition coefficient (Wildman–Crippen LogP) is 2.97. The van der Waals surface area contributed by atoms with Crippen molar-refractivity contribution in [3.63, 3.8) is 0 Å². The van der Waals surface area contributed by atoms with E-state index in [1.54, 1.807) is 17.0 Å². The first kappa shape index (κ1) is 23.8. The number of carbonyl (C=O) groups excluding carboxylic acids is 1. The fraction of sp³-hybridized carbons (Fsp3) is 0.320. The normalized spacial score (nSPS) is 14.5. The van der Waals surface area contributed by atoms with Crippen molar-refractivity contribution in [2.45, 2.75) is 18.7 Å². The summed E-state index contributed by atoms with van der Waals surface area (Å²) in [6.45, 7) is 6.55. The van der Waals surface area contributed by atoms with E-state index in [9.17, 15) is 13.2 Å². The second kappa shape index (κ2) is 9.52. The lowest BCUT2D eigenvalue weighted by molar-refractivity contribution is 0.0746. The first-order valence-corrected chi connectivity index (χ1v) is 12.6. The van der Waals surface area contributed by atoms with E-state index in [0.717, 1.165) is 21.4 Å². The molecule has 1 saturated heterocycles. The molecule has 0 aliphatic carbocycles. The summed E-state index contributed by atoms with van der Waals surface area (Å²) in [7, 11) is -0.556. The average molecular weight is 480 g/mol. The average Bonchev–Trinajstić information content (AvgIpc) is 2.84. The number of nitrogens with zero attached hydrogens (tertiary/aromatic N) is 5. The summed E-state index contributed by atoms with van der Waals surface area (Å²) in [5.41, 5.74) is 4.78. The van der Waals surface area contributed by atoms with E-state index < -0.39 is 10.0 Å². The van der Waals surface area contributed by atoms with Crippen LogP contribution in [-0.2, 0) is 10.0 Å². The number of amides is 1. The van der Waals surface area contributed by atoms with Crippen LogP contribution in [0.15, 0.2) is 59.5 Å². The van der Waals surface area contributed by atoms with Crippen molar-refractivity contribution in [2.75, 3.05) is 45.2 Å². The van der Waals surface area contributed by atoms with Crippen LogP contribution in [0.2, 0.25) is 0 Å². The molecule has 1 aromatic heterocycles. The topological polar surface area (TPSA) is 86.7 Å². The zero-order valence-electron chi connectivity index (χ0n) is 19.9. The Morgan fingerprint density at radius 1 is 0.882 bits per heavy atom. The van der Waals surface area contributed by atoms with E-state index in [2.05, 4.69) is 47.1 Å². The van der Waals surface area contributed by atoms with Crippen LogP contribution in [0.1, 0.15) is 21.5 Å². The smallest absolute Gasteiger partial charge is 0.253 e. The van der Waals surface area contributed by atoms with Crippen molar-refractivity contribution in [2.24, 2.45) is 0 Å². The molecule has 0 unspecified atom stereocenters. The Balaban J connectivity index is 1.39. The van der Waals surface area contributed by atoms with E-state index in [1.807, 2.05) is 12.1 Å². The second-order valence-corrected chi connectivity index (χ2v) is 10.8. The van der Waals surface area contributed by atoms with Crippen LogP contribution < -0.4 is 4.90 Å². The van der Waals surface area contributed by atoms with Gasteiger partial charge < -0.3 is 9.80 Å². The zero-order chi connectivity index (χ0) is 24.5. The number of aromatic nitrogens is 2. The molecule has 1 aliphatic heterocycles. The third-order valence-electron chi connectivity index (χ3n) is 6.08. The molecule has 1 amide bonds. The number of carbonyl (C=O) groups is 1. The Labute approximate surface area is 200 Å². The van der Waals surface area contributed by atoms with Crippen molar-refractivity contribution in [3.8, 4) is 11.3 Å². The SMILES string of the molecule is Cc1ccc(-c2ccc(N3CCN(C(=O)c4ccc(S(=O)(=O)N(C)C)cc4)CC3)nn2)c(C)c1. The highest BCUT2D eigenvalue weighted by atomic mass is 32.2. The van der Waals surface area contributed by atoms with Crippen LogP contribution >= 0.6 is 0 Å². The van der Waals surface area contributed by atoms with Gasteiger partial charge in [-0.05, 0) is 55.8 Å². The van der Waals surface area contributed by atoms with Crippen LogP contribution in [0.4, 0.5) is 5.82 Å². The van der Waals surface area contributed by atoms with Crippen LogP contribution in [-0.4, -0.2) is 74.0 Å². The second-order valence-electron chi connectivity index (χ2n) is 8.69. The molecule has 8 nitrogen and oxygen atoms in total. The zero-order valence-corrected chi connectivity index (χ0v) is 20.7. The van der Waals surface area contributed by atoms with Crippen molar-refractivity contribution >= 4 is 21.7 Å². The summed E-state index contributed by atoms with van der Waals surface area (Å²) in [5, 5.41) is 8.86. The number of aryl methyl sites for hydroxylation is 2. The van der Waals surface area contributed by atoms with Gasteiger partial charge in [-0.2, -0.15) is 0 Å². The molecular formula is C25H29N5O3S. The molecule has 2 heterocycles. The van der Waals surface area contributed by atoms with Crippen molar-refractivity contribution in [1.82, 2.24) is 19.4 Å². The van der Waals surface area contributed by atoms with Gasteiger partial charge in [0.1, 0.15) is 0 Å². The lowest BCUT2D eigenvalue weighted by Crippen LogP contribution is -2.49. The van der Waals surface area contributed by atoms with Crippen LogP contribution in [0, 0.1) is 13.8 Å². The molecule has 0 bridgehead atoms. The van der Waals surface area contributed by atoms with Gasteiger partial charge in [-0.1, -0.05) is 23.8 Å². The highest BCUT2D eigenvalue weighted by Crippen LogP contribution is 2.24. The molecule has 0 saturated carbocycles. The highest BCUT2D eigenvalue weighted by molar-refractivity contribution is 7.89. The van der Waals surface area contributed by atoms with E-state index >= 15 is 0 Å². The van der Waals surface area contributed by atoms with Crippen LogP contribution in [0.25, 0.3) is 11.3 Å². The first-order valence-electron chi connectivity index (χ1n) is 11.1. The van der Waals surface area contributed by atoms with Gasteiger partial charge in [-0.15, -0.1) is 10.2 Å². The lowest BCUT2D eigenvalue weighted by Gasteiger charge is -2.35. The lowest BCUT2D eigenvalue weighted by atomic mass is 10.0. The molecule has 3 aromatic rings. The molecule has 34 heavy (non-hydrogen) atoms. The number of hydrogen-bond donors (Lipinski definition) is 0. The van der Waals surface area contributed by atoms with Crippen LogP contribution in [0.3, 0.4) is 0 Å². The molecular weight excluding hydrogens is 450 g/mol. The van der Waals surface area contributed by atoms with Crippen molar-refractivity contribution < 1.29 is 13.2 Å². The van der Waals surface area contributed by atoms with Crippen molar-refractivity contribution in [1.29, 1.82) is 0 Å². The maximum Gasteiger partial charge on any atom is 0.253 e. The summed E-state index contributed by atoms with van der Waals surface area (Å²) >= 11 is 0. The highest BCUT2D eigenvalue weighted by Gasteiger charge is 2.24.